The van der Waals surface area contributed by atoms with Crippen molar-refractivity contribution in [1.29, 1.82) is 0 Å². The minimum Gasteiger partial charge on any atom is -0.383 e. The highest BCUT2D eigenvalue weighted by Crippen LogP contribution is 2.34. The van der Waals surface area contributed by atoms with E-state index in [-0.39, 0.29) is 5.78 Å². The van der Waals surface area contributed by atoms with Crippen LogP contribution in [0, 0.1) is 0 Å². The Labute approximate surface area is 179 Å². The summed E-state index contributed by atoms with van der Waals surface area (Å²) in [6, 6.07) is 14.3. The van der Waals surface area contributed by atoms with E-state index in [0.29, 0.717) is 17.3 Å². The van der Waals surface area contributed by atoms with Crippen molar-refractivity contribution >= 4 is 33.0 Å². The molecule has 0 unspecified atom stereocenters. The van der Waals surface area contributed by atoms with Gasteiger partial charge in [0, 0.05) is 42.4 Å². The maximum absolute atomic E-state index is 13.2. The smallest absolute Gasteiger partial charge is 0.191 e. The van der Waals surface area contributed by atoms with Crippen LogP contribution in [0.3, 0.4) is 0 Å². The number of carbonyl (C=O) groups excluding carboxylic acids is 1. The fourth-order valence-corrected chi connectivity index (χ4v) is 4.32. The molecule has 0 spiro atoms. The lowest BCUT2D eigenvalue weighted by Crippen LogP contribution is -2.17. The Morgan fingerprint density at radius 3 is 2.66 bits per heavy atom. The highest BCUT2D eigenvalue weighted by molar-refractivity contribution is 9.10. The fourth-order valence-electron chi connectivity index (χ4n) is 3.84. The van der Waals surface area contributed by atoms with Crippen LogP contribution in [0.4, 0.5) is 5.82 Å². The number of allylic oxidation sites excluding steroid dienone is 1. The zero-order chi connectivity index (χ0) is 20.4. The summed E-state index contributed by atoms with van der Waals surface area (Å²) in [5, 5.41) is 8.52. The lowest BCUT2D eigenvalue weighted by Gasteiger charge is -2.14. The molecule has 29 heavy (non-hydrogen) atoms. The average molecular weight is 453 g/mol. The third-order valence-electron chi connectivity index (χ3n) is 5.26. The molecule has 0 bridgehead atoms. The Morgan fingerprint density at radius 2 is 1.93 bits per heavy atom. The zero-order valence-corrected chi connectivity index (χ0v) is 18.3. The predicted octanol–water partition coefficient (Wildman–Crippen LogP) is 5.38. The van der Waals surface area contributed by atoms with Gasteiger partial charge in [0.2, 0.25) is 0 Å². The van der Waals surface area contributed by atoms with Crippen molar-refractivity contribution in [2.24, 2.45) is 0 Å². The minimum absolute atomic E-state index is 0.0579. The largest absolute Gasteiger partial charge is 0.383 e. The molecule has 1 saturated carbocycles. The van der Waals surface area contributed by atoms with Gasteiger partial charge in [-0.05, 0) is 31.0 Å². The van der Waals surface area contributed by atoms with Gasteiger partial charge in [-0.2, -0.15) is 5.10 Å². The number of pyridine rings is 1. The summed E-state index contributed by atoms with van der Waals surface area (Å²) < 4.78 is 2.79. The topological polar surface area (TPSA) is 49.6 Å². The van der Waals surface area contributed by atoms with Crippen molar-refractivity contribution in [3.63, 3.8) is 0 Å². The van der Waals surface area contributed by atoms with Gasteiger partial charge in [0.15, 0.2) is 5.78 Å². The number of carbonyl (C=O) groups is 1. The van der Waals surface area contributed by atoms with Crippen molar-refractivity contribution < 1.29 is 4.79 Å². The second-order valence-corrected chi connectivity index (χ2v) is 8.54. The van der Waals surface area contributed by atoms with Gasteiger partial charge < -0.3 is 10.2 Å². The number of benzene rings is 1. The molecule has 0 saturated heterocycles. The minimum atomic E-state index is -0.0579. The van der Waals surface area contributed by atoms with E-state index in [4.69, 9.17) is 5.10 Å². The van der Waals surface area contributed by atoms with E-state index < -0.39 is 0 Å². The number of hydrogen-bond donors (Lipinski definition) is 1. The van der Waals surface area contributed by atoms with E-state index in [1.165, 1.54) is 25.7 Å². The number of nitrogens with one attached hydrogen (secondary N) is 1. The quantitative estimate of drug-likeness (QED) is 0.403. The molecule has 150 valence electrons. The number of halogens is 1. The van der Waals surface area contributed by atoms with Gasteiger partial charge in [-0.25, -0.2) is 4.52 Å². The summed E-state index contributed by atoms with van der Waals surface area (Å²) in [4.78, 5) is 15.0. The molecule has 0 amide bonds. The Hall–Kier alpha value is -2.60. The first kappa shape index (κ1) is 19.7. The van der Waals surface area contributed by atoms with Crippen molar-refractivity contribution in [3.8, 4) is 11.3 Å². The Kier molecular flexibility index (Phi) is 5.72. The van der Waals surface area contributed by atoms with Crippen molar-refractivity contribution in [3.05, 3.63) is 64.8 Å². The summed E-state index contributed by atoms with van der Waals surface area (Å²) in [7, 11) is 3.80. The summed E-state index contributed by atoms with van der Waals surface area (Å²) in [6.45, 7) is 0. The summed E-state index contributed by atoms with van der Waals surface area (Å²) >= 11 is 3.62. The lowest BCUT2D eigenvalue weighted by molar-refractivity contribution is 0.104. The van der Waals surface area contributed by atoms with Crippen LogP contribution in [0.1, 0.15) is 36.0 Å². The van der Waals surface area contributed by atoms with Crippen LogP contribution in [0.2, 0.25) is 0 Å². The number of nitrogens with zero attached hydrogens (tertiary/aromatic N) is 3. The van der Waals surface area contributed by atoms with E-state index in [1.54, 1.807) is 12.3 Å². The standard InChI is InChI=1S/C23H25BrN4O/c1-27(2)15-14-20(29)22-19-12-7-13-21(25-16-8-3-4-9-16)28(19)26-23(22)17-10-5-6-11-18(17)24/h5-7,10-16,25H,3-4,8-9H2,1-2H3. The molecule has 1 aromatic carbocycles. The van der Waals surface area contributed by atoms with Gasteiger partial charge in [-0.1, -0.05) is 53.0 Å². The van der Waals surface area contributed by atoms with Gasteiger partial charge in [0.25, 0.3) is 0 Å². The monoisotopic (exact) mass is 452 g/mol. The van der Waals surface area contributed by atoms with Crippen molar-refractivity contribution in [2.75, 3.05) is 19.4 Å². The number of fused-ring (bicyclic) bond motifs is 1. The maximum atomic E-state index is 13.2. The van der Waals surface area contributed by atoms with Crippen LogP contribution in [-0.4, -0.2) is 40.4 Å². The zero-order valence-electron chi connectivity index (χ0n) is 16.7. The predicted molar refractivity (Wildman–Crippen MR) is 121 cm³/mol. The van der Waals surface area contributed by atoms with E-state index >= 15 is 0 Å². The molecule has 1 N–H and O–H groups in total. The van der Waals surface area contributed by atoms with E-state index in [1.807, 2.05) is 66.0 Å². The van der Waals surface area contributed by atoms with Gasteiger partial charge in [-0.3, -0.25) is 4.79 Å². The number of hydrogen-bond acceptors (Lipinski definition) is 4. The Bertz CT molecular complexity index is 1060. The van der Waals surface area contributed by atoms with Gasteiger partial charge >= 0.3 is 0 Å². The first-order chi connectivity index (χ1) is 14.0. The molecule has 2 aromatic heterocycles. The van der Waals surface area contributed by atoms with Crippen LogP contribution in [0.15, 0.2) is 59.2 Å². The molecule has 1 fully saturated rings. The van der Waals surface area contributed by atoms with Gasteiger partial charge in [-0.15, -0.1) is 0 Å². The van der Waals surface area contributed by atoms with E-state index in [9.17, 15) is 4.79 Å². The van der Waals surface area contributed by atoms with Crippen molar-refractivity contribution in [1.82, 2.24) is 14.5 Å². The van der Waals surface area contributed by atoms with Crippen LogP contribution >= 0.6 is 15.9 Å². The second kappa shape index (κ2) is 8.41. The van der Waals surface area contributed by atoms with Gasteiger partial charge in [0.05, 0.1) is 11.1 Å². The fraction of sp³-hybridized carbons (Fsp3) is 0.304. The highest BCUT2D eigenvalue weighted by atomic mass is 79.9. The molecule has 5 nitrogen and oxygen atoms in total. The first-order valence-corrected chi connectivity index (χ1v) is 10.8. The molecule has 1 aliphatic carbocycles. The third-order valence-corrected chi connectivity index (χ3v) is 5.96. The third kappa shape index (κ3) is 4.08. The molecule has 0 radical (unpaired) electrons. The maximum Gasteiger partial charge on any atom is 0.191 e. The summed E-state index contributed by atoms with van der Waals surface area (Å²) in [5.41, 5.74) is 3.02. The van der Waals surface area contributed by atoms with Crippen LogP contribution in [-0.2, 0) is 0 Å². The molecular weight excluding hydrogens is 428 g/mol. The van der Waals surface area contributed by atoms with Crippen LogP contribution in [0.5, 0.6) is 0 Å². The molecule has 4 rings (SSSR count). The number of ketones is 1. The normalized spacial score (nSPS) is 14.7. The average Bonchev–Trinajstić information content (AvgIpc) is 3.34. The first-order valence-electron chi connectivity index (χ1n) is 9.97. The summed E-state index contributed by atoms with van der Waals surface area (Å²) in [5.74, 6) is 0.871. The lowest BCUT2D eigenvalue weighted by atomic mass is 10.0. The van der Waals surface area contributed by atoms with Crippen LogP contribution < -0.4 is 5.32 Å². The van der Waals surface area contributed by atoms with Crippen molar-refractivity contribution in [2.45, 2.75) is 31.7 Å². The van der Waals surface area contributed by atoms with Gasteiger partial charge in [0.1, 0.15) is 11.5 Å². The van der Waals surface area contributed by atoms with E-state index in [0.717, 1.165) is 21.4 Å². The molecule has 0 atom stereocenters. The molecular formula is C23H25BrN4O. The molecule has 1 aliphatic rings. The number of aromatic nitrogens is 2. The second-order valence-electron chi connectivity index (χ2n) is 7.68. The SMILES string of the molecule is CN(C)C=CC(=O)c1c(-c2ccccc2Br)nn2c(NC3CCCC3)cccc12. The Morgan fingerprint density at radius 1 is 1.17 bits per heavy atom. The number of rotatable bonds is 6. The molecule has 2 heterocycles. The molecule has 3 aromatic rings. The summed E-state index contributed by atoms with van der Waals surface area (Å²) in [6.07, 6.45) is 8.24. The van der Waals surface area contributed by atoms with E-state index in [2.05, 4.69) is 21.2 Å². The number of anilines is 1. The highest BCUT2D eigenvalue weighted by Gasteiger charge is 2.23. The Balaban J connectivity index is 1.88. The molecule has 0 aliphatic heterocycles. The van der Waals surface area contributed by atoms with Crippen LogP contribution in [0.25, 0.3) is 16.8 Å². The molecule has 6 heteroatoms.